The molecule has 2 aromatic rings. The Kier molecular flexibility index (Phi) is 5.02. The number of carbonyl (C=O) groups excluding carboxylic acids is 1. The largest absolute Gasteiger partial charge is 0.482 e. The van der Waals surface area contributed by atoms with E-state index in [0.29, 0.717) is 28.2 Å². The van der Waals surface area contributed by atoms with Crippen molar-refractivity contribution in [1.82, 2.24) is 9.78 Å². The Hall–Kier alpha value is -2.52. The zero-order valence-corrected chi connectivity index (χ0v) is 13.8. The van der Waals surface area contributed by atoms with Crippen molar-refractivity contribution >= 4 is 23.3 Å². The number of amides is 1. The standard InChI is InChI=1S/C17H17ClN4O2/c18-14-9-12(10-19)5-6-15(14)24-11-17(23)21-16-7-8-20-22(16)13-3-1-2-4-13/h5-9,13H,1-4,11H2,(H,21,23). The molecule has 7 heteroatoms. The van der Waals surface area contributed by atoms with Crippen molar-refractivity contribution in [3.63, 3.8) is 0 Å². The van der Waals surface area contributed by atoms with Crippen molar-refractivity contribution in [2.45, 2.75) is 31.7 Å². The maximum atomic E-state index is 12.1. The SMILES string of the molecule is N#Cc1ccc(OCC(=O)Nc2ccnn2C2CCCC2)c(Cl)c1. The van der Waals surface area contributed by atoms with Crippen LogP contribution in [-0.4, -0.2) is 22.3 Å². The van der Waals surface area contributed by atoms with Gasteiger partial charge in [-0.15, -0.1) is 0 Å². The number of benzene rings is 1. The molecule has 1 aromatic heterocycles. The minimum absolute atomic E-state index is 0.165. The summed E-state index contributed by atoms with van der Waals surface area (Å²) < 4.78 is 7.30. The molecule has 24 heavy (non-hydrogen) atoms. The van der Waals surface area contributed by atoms with E-state index in [4.69, 9.17) is 21.6 Å². The molecule has 0 unspecified atom stereocenters. The molecule has 0 bridgehead atoms. The summed E-state index contributed by atoms with van der Waals surface area (Å²) in [6.45, 7) is -0.165. The molecule has 124 valence electrons. The highest BCUT2D eigenvalue weighted by atomic mass is 35.5. The number of hydrogen-bond donors (Lipinski definition) is 1. The molecule has 1 saturated carbocycles. The van der Waals surface area contributed by atoms with Crippen LogP contribution in [0.25, 0.3) is 0 Å². The van der Waals surface area contributed by atoms with Crippen LogP contribution in [0.3, 0.4) is 0 Å². The number of anilines is 1. The van der Waals surface area contributed by atoms with Crippen LogP contribution in [0.5, 0.6) is 5.75 Å². The first-order valence-corrected chi connectivity index (χ1v) is 8.21. The van der Waals surface area contributed by atoms with E-state index in [1.807, 2.05) is 10.8 Å². The molecule has 1 fully saturated rings. The highest BCUT2D eigenvalue weighted by molar-refractivity contribution is 6.32. The first-order valence-electron chi connectivity index (χ1n) is 7.83. The van der Waals surface area contributed by atoms with Crippen molar-refractivity contribution in [3.8, 4) is 11.8 Å². The van der Waals surface area contributed by atoms with Crippen LogP contribution in [-0.2, 0) is 4.79 Å². The molecule has 0 spiro atoms. The minimum Gasteiger partial charge on any atom is -0.482 e. The van der Waals surface area contributed by atoms with Gasteiger partial charge in [0, 0.05) is 6.07 Å². The lowest BCUT2D eigenvalue weighted by molar-refractivity contribution is -0.118. The molecule has 3 rings (SSSR count). The van der Waals surface area contributed by atoms with Crippen LogP contribution >= 0.6 is 11.6 Å². The first kappa shape index (κ1) is 16.3. The molecule has 1 aliphatic carbocycles. The van der Waals surface area contributed by atoms with E-state index in [0.717, 1.165) is 12.8 Å². The molecular formula is C17H17ClN4O2. The van der Waals surface area contributed by atoms with Crippen LogP contribution in [0.4, 0.5) is 5.82 Å². The fraction of sp³-hybridized carbons (Fsp3) is 0.353. The fourth-order valence-electron chi connectivity index (χ4n) is 2.86. The maximum Gasteiger partial charge on any atom is 0.263 e. The van der Waals surface area contributed by atoms with Gasteiger partial charge in [0.1, 0.15) is 11.6 Å². The molecular weight excluding hydrogens is 328 g/mol. The summed E-state index contributed by atoms with van der Waals surface area (Å²) >= 11 is 6.02. The third kappa shape index (κ3) is 3.69. The monoisotopic (exact) mass is 344 g/mol. The first-order chi connectivity index (χ1) is 11.7. The number of ether oxygens (including phenoxy) is 1. The summed E-state index contributed by atoms with van der Waals surface area (Å²) in [7, 11) is 0. The second-order valence-electron chi connectivity index (χ2n) is 5.69. The Labute approximate surface area is 145 Å². The molecule has 0 radical (unpaired) electrons. The normalized spacial score (nSPS) is 14.3. The molecule has 1 amide bonds. The van der Waals surface area contributed by atoms with E-state index >= 15 is 0 Å². The third-order valence-electron chi connectivity index (χ3n) is 4.03. The van der Waals surface area contributed by atoms with Gasteiger partial charge in [-0.05, 0) is 31.0 Å². The Morgan fingerprint density at radius 3 is 2.92 bits per heavy atom. The van der Waals surface area contributed by atoms with Gasteiger partial charge in [0.2, 0.25) is 0 Å². The summed E-state index contributed by atoms with van der Waals surface area (Å²) in [5.74, 6) is 0.770. The average molecular weight is 345 g/mol. The second-order valence-corrected chi connectivity index (χ2v) is 6.10. The summed E-state index contributed by atoms with van der Waals surface area (Å²) in [6.07, 6.45) is 6.24. The third-order valence-corrected chi connectivity index (χ3v) is 4.32. The number of carbonyl (C=O) groups is 1. The predicted molar refractivity (Wildman–Crippen MR) is 90.0 cm³/mol. The fourth-order valence-corrected chi connectivity index (χ4v) is 3.10. The van der Waals surface area contributed by atoms with Gasteiger partial charge in [0.15, 0.2) is 6.61 Å². The Morgan fingerprint density at radius 1 is 1.42 bits per heavy atom. The maximum absolute atomic E-state index is 12.1. The smallest absolute Gasteiger partial charge is 0.263 e. The summed E-state index contributed by atoms with van der Waals surface area (Å²) in [4.78, 5) is 12.1. The van der Waals surface area contributed by atoms with Gasteiger partial charge in [0.25, 0.3) is 5.91 Å². The highest BCUT2D eigenvalue weighted by Gasteiger charge is 2.20. The van der Waals surface area contributed by atoms with Gasteiger partial charge in [-0.2, -0.15) is 10.4 Å². The number of nitrogens with zero attached hydrogens (tertiary/aromatic N) is 3. The molecule has 0 atom stereocenters. The molecule has 0 saturated heterocycles. The summed E-state index contributed by atoms with van der Waals surface area (Å²) in [5, 5.41) is 16.2. The van der Waals surface area contributed by atoms with Crippen molar-refractivity contribution in [2.24, 2.45) is 0 Å². The lowest BCUT2D eigenvalue weighted by Crippen LogP contribution is -2.23. The number of halogens is 1. The molecule has 1 aromatic carbocycles. The number of nitriles is 1. The Morgan fingerprint density at radius 2 is 2.21 bits per heavy atom. The van der Waals surface area contributed by atoms with E-state index in [9.17, 15) is 4.79 Å². The van der Waals surface area contributed by atoms with Crippen LogP contribution in [0.15, 0.2) is 30.5 Å². The van der Waals surface area contributed by atoms with Crippen LogP contribution in [0, 0.1) is 11.3 Å². The zero-order valence-electron chi connectivity index (χ0n) is 13.0. The summed E-state index contributed by atoms with van der Waals surface area (Å²) in [5.41, 5.74) is 0.442. The van der Waals surface area contributed by atoms with E-state index in [1.165, 1.54) is 18.9 Å². The van der Waals surface area contributed by atoms with E-state index in [-0.39, 0.29) is 12.5 Å². The molecule has 1 heterocycles. The van der Waals surface area contributed by atoms with Crippen molar-refractivity contribution in [1.29, 1.82) is 5.26 Å². The molecule has 0 aliphatic heterocycles. The molecule has 1 N–H and O–H groups in total. The van der Waals surface area contributed by atoms with Crippen molar-refractivity contribution in [2.75, 3.05) is 11.9 Å². The minimum atomic E-state index is -0.282. The van der Waals surface area contributed by atoms with Crippen molar-refractivity contribution in [3.05, 3.63) is 41.0 Å². The highest BCUT2D eigenvalue weighted by Crippen LogP contribution is 2.31. The molecule has 6 nitrogen and oxygen atoms in total. The zero-order chi connectivity index (χ0) is 16.9. The number of nitrogens with one attached hydrogen (secondary N) is 1. The molecule has 1 aliphatic rings. The predicted octanol–water partition coefficient (Wildman–Crippen LogP) is 3.54. The van der Waals surface area contributed by atoms with Gasteiger partial charge in [-0.1, -0.05) is 24.4 Å². The van der Waals surface area contributed by atoms with Gasteiger partial charge in [-0.3, -0.25) is 4.79 Å². The number of rotatable bonds is 5. The quantitative estimate of drug-likeness (QED) is 0.899. The number of hydrogen-bond acceptors (Lipinski definition) is 4. The number of aromatic nitrogens is 2. The van der Waals surface area contributed by atoms with Gasteiger partial charge < -0.3 is 10.1 Å². The summed E-state index contributed by atoms with van der Waals surface area (Å²) in [6, 6.07) is 8.80. The van der Waals surface area contributed by atoms with E-state index in [1.54, 1.807) is 24.4 Å². The van der Waals surface area contributed by atoms with Crippen molar-refractivity contribution < 1.29 is 9.53 Å². The topological polar surface area (TPSA) is 79.9 Å². The van der Waals surface area contributed by atoms with Crippen LogP contribution < -0.4 is 10.1 Å². The van der Waals surface area contributed by atoms with Crippen LogP contribution in [0.2, 0.25) is 5.02 Å². The Bertz CT molecular complexity index is 775. The average Bonchev–Trinajstić information content (AvgIpc) is 3.24. The Balaban J connectivity index is 1.59. The lowest BCUT2D eigenvalue weighted by atomic mass is 10.2. The lowest BCUT2D eigenvalue weighted by Gasteiger charge is -2.15. The second kappa shape index (κ2) is 7.37. The van der Waals surface area contributed by atoms with Gasteiger partial charge >= 0.3 is 0 Å². The van der Waals surface area contributed by atoms with E-state index in [2.05, 4.69) is 10.4 Å². The van der Waals surface area contributed by atoms with Crippen LogP contribution in [0.1, 0.15) is 37.3 Å². The van der Waals surface area contributed by atoms with E-state index < -0.39 is 0 Å². The van der Waals surface area contributed by atoms with Gasteiger partial charge in [-0.25, -0.2) is 4.68 Å². The van der Waals surface area contributed by atoms with Gasteiger partial charge in [0.05, 0.1) is 28.9 Å².